The summed E-state index contributed by atoms with van der Waals surface area (Å²) in [6, 6.07) is 20.4. The van der Waals surface area contributed by atoms with Crippen LogP contribution in [0, 0.1) is 0 Å². The maximum Gasteiger partial charge on any atom is 0.325 e. The highest BCUT2D eigenvalue weighted by atomic mass is 16.5. The van der Waals surface area contributed by atoms with Crippen LogP contribution in [0.2, 0.25) is 0 Å². The van der Waals surface area contributed by atoms with Crippen molar-refractivity contribution < 1.29 is 19.1 Å². The third kappa shape index (κ3) is 3.94. The Hall–Kier alpha value is -4.46. The lowest BCUT2D eigenvalue weighted by molar-refractivity contribution is 0.0349. The molecule has 4 aromatic rings. The Morgan fingerprint density at radius 1 is 1.16 bits per heavy atom. The highest BCUT2D eigenvalue weighted by Gasteiger charge is 2.50. The van der Waals surface area contributed by atoms with Gasteiger partial charge in [0.05, 0.1) is 18.8 Å². The molecule has 2 atom stereocenters. The van der Waals surface area contributed by atoms with Crippen molar-refractivity contribution in [2.24, 2.45) is 0 Å². The van der Waals surface area contributed by atoms with Crippen LogP contribution < -0.4 is 25.0 Å². The predicted molar refractivity (Wildman–Crippen MR) is 141 cm³/mol. The van der Waals surface area contributed by atoms with Gasteiger partial charge in [-0.1, -0.05) is 36.4 Å². The largest absolute Gasteiger partial charge is 0.493 e. The fraction of sp³-hybridized carbons (Fsp3) is 0.241. The number of urea groups is 1. The Labute approximate surface area is 214 Å². The van der Waals surface area contributed by atoms with Crippen LogP contribution in [0.5, 0.6) is 11.5 Å². The monoisotopic (exact) mass is 496 g/mol. The molecular formula is C29H28N4O4. The number of amides is 3. The first-order valence-electron chi connectivity index (χ1n) is 12.4. The summed E-state index contributed by atoms with van der Waals surface area (Å²) in [4.78, 5) is 31.1. The van der Waals surface area contributed by atoms with Gasteiger partial charge in [-0.2, -0.15) is 0 Å². The lowest BCUT2D eigenvalue weighted by Crippen LogP contribution is -2.65. The van der Waals surface area contributed by atoms with Gasteiger partial charge in [0.1, 0.15) is 0 Å². The molecule has 3 aromatic carbocycles. The van der Waals surface area contributed by atoms with Crippen LogP contribution >= 0.6 is 0 Å². The van der Waals surface area contributed by atoms with Gasteiger partial charge in [0.15, 0.2) is 17.2 Å². The van der Waals surface area contributed by atoms with E-state index in [4.69, 9.17) is 9.47 Å². The number of nitrogens with zero attached hydrogens (tertiary/aromatic N) is 1. The fourth-order valence-corrected chi connectivity index (χ4v) is 5.45. The van der Waals surface area contributed by atoms with Gasteiger partial charge >= 0.3 is 6.03 Å². The molecule has 8 nitrogen and oxygen atoms in total. The number of nitrogens with one attached hydrogen (secondary N) is 3. The van der Waals surface area contributed by atoms with Gasteiger partial charge in [0, 0.05) is 41.2 Å². The average Bonchev–Trinajstić information content (AvgIpc) is 3.31. The molecule has 3 N–H and O–H groups in total. The summed E-state index contributed by atoms with van der Waals surface area (Å²) in [5, 5.41) is 7.25. The van der Waals surface area contributed by atoms with Gasteiger partial charge in [-0.3, -0.25) is 9.69 Å². The molecule has 2 aliphatic heterocycles. The molecule has 188 valence electrons. The number of carbonyl (C=O) groups excluding carboxylic acids is 2. The molecule has 0 saturated carbocycles. The summed E-state index contributed by atoms with van der Waals surface area (Å²) in [5.74, 6) is 1.05. The van der Waals surface area contributed by atoms with Gasteiger partial charge in [-0.25, -0.2) is 4.79 Å². The maximum atomic E-state index is 13.3. The Morgan fingerprint density at radius 2 is 2.00 bits per heavy atom. The SMILES string of the molecule is COc1cccc2c1O[C@@]1(C)C[C@H]2NC(=O)N1c1cccc(C(=O)NCCc2c[nH]c3ccccc23)c1. The van der Waals surface area contributed by atoms with Crippen molar-refractivity contribution >= 4 is 28.5 Å². The summed E-state index contributed by atoms with van der Waals surface area (Å²) in [6.45, 7) is 2.39. The zero-order valence-corrected chi connectivity index (χ0v) is 20.7. The highest BCUT2D eigenvalue weighted by Crippen LogP contribution is 2.49. The number of hydrogen-bond donors (Lipinski definition) is 3. The summed E-state index contributed by atoms with van der Waals surface area (Å²) >= 11 is 0. The molecular weight excluding hydrogens is 468 g/mol. The summed E-state index contributed by atoms with van der Waals surface area (Å²) in [7, 11) is 1.60. The minimum Gasteiger partial charge on any atom is -0.493 e. The molecule has 3 heterocycles. The van der Waals surface area contributed by atoms with E-state index in [9.17, 15) is 9.59 Å². The molecule has 1 aromatic heterocycles. The molecule has 0 aliphatic carbocycles. The fourth-order valence-electron chi connectivity index (χ4n) is 5.45. The smallest absolute Gasteiger partial charge is 0.325 e. The van der Waals surface area contributed by atoms with E-state index in [1.807, 2.05) is 55.6 Å². The number of anilines is 1. The van der Waals surface area contributed by atoms with Crippen molar-refractivity contribution in [3.63, 3.8) is 0 Å². The lowest BCUT2D eigenvalue weighted by Gasteiger charge is -2.50. The second kappa shape index (κ2) is 8.89. The van der Waals surface area contributed by atoms with Gasteiger partial charge < -0.3 is 25.1 Å². The van der Waals surface area contributed by atoms with Crippen LogP contribution in [-0.4, -0.2) is 36.3 Å². The topological polar surface area (TPSA) is 95.7 Å². The lowest BCUT2D eigenvalue weighted by atomic mass is 9.89. The first kappa shape index (κ1) is 23.0. The number of rotatable bonds is 6. The molecule has 0 spiro atoms. The van der Waals surface area contributed by atoms with Crippen LogP contribution in [0.1, 0.15) is 40.9 Å². The molecule has 0 radical (unpaired) electrons. The highest BCUT2D eigenvalue weighted by molar-refractivity contribution is 5.99. The van der Waals surface area contributed by atoms with Gasteiger partial charge in [-0.15, -0.1) is 0 Å². The van der Waals surface area contributed by atoms with Crippen molar-refractivity contribution in [1.82, 2.24) is 15.6 Å². The maximum absolute atomic E-state index is 13.3. The summed E-state index contributed by atoms with van der Waals surface area (Å²) in [6.07, 6.45) is 3.25. The number of H-pyrrole nitrogens is 1. The van der Waals surface area contributed by atoms with E-state index in [1.54, 1.807) is 30.2 Å². The molecule has 6 rings (SSSR count). The van der Waals surface area contributed by atoms with Crippen molar-refractivity contribution in [1.29, 1.82) is 0 Å². The normalized spacial score (nSPS) is 20.1. The zero-order valence-electron chi connectivity index (χ0n) is 20.7. The molecule has 1 fully saturated rings. The van der Waals surface area contributed by atoms with E-state index >= 15 is 0 Å². The Balaban J connectivity index is 1.21. The van der Waals surface area contributed by atoms with Crippen LogP contribution in [0.15, 0.2) is 72.9 Å². The van der Waals surface area contributed by atoms with E-state index in [0.29, 0.717) is 42.1 Å². The van der Waals surface area contributed by atoms with Crippen molar-refractivity contribution in [2.75, 3.05) is 18.6 Å². The van der Waals surface area contributed by atoms with Crippen LogP contribution in [-0.2, 0) is 6.42 Å². The minimum absolute atomic E-state index is 0.191. The number of ether oxygens (including phenoxy) is 2. The molecule has 2 bridgehead atoms. The summed E-state index contributed by atoms with van der Waals surface area (Å²) < 4.78 is 11.9. The van der Waals surface area contributed by atoms with E-state index in [-0.39, 0.29) is 18.0 Å². The van der Waals surface area contributed by atoms with Crippen LogP contribution in [0.25, 0.3) is 10.9 Å². The molecule has 8 heteroatoms. The van der Waals surface area contributed by atoms with E-state index in [2.05, 4.69) is 21.7 Å². The second-order valence-electron chi connectivity index (χ2n) is 9.61. The quantitative estimate of drug-likeness (QED) is 0.353. The standard InChI is InChI=1S/C29H28N4O4/c1-29-16-24(22-10-6-12-25(36-2)26(22)37-29)32-28(35)33(29)20-8-5-7-18(15-20)27(34)30-14-13-19-17-31-23-11-4-3-9-21(19)23/h3-12,15,17,24,31H,13-14,16H2,1-2H3,(H,30,34)(H,32,35)/t24-,29+/m1/s1. The number of benzene rings is 3. The Morgan fingerprint density at radius 3 is 2.86 bits per heavy atom. The first-order chi connectivity index (χ1) is 18.0. The molecule has 1 saturated heterocycles. The average molecular weight is 497 g/mol. The molecule has 2 aliphatic rings. The number of carbonyl (C=O) groups is 2. The van der Waals surface area contributed by atoms with Gasteiger partial charge in [0.25, 0.3) is 5.91 Å². The number of aromatic nitrogens is 1. The number of hydrogen-bond acceptors (Lipinski definition) is 4. The van der Waals surface area contributed by atoms with Crippen molar-refractivity contribution in [2.45, 2.75) is 31.5 Å². The van der Waals surface area contributed by atoms with Crippen molar-refractivity contribution in [3.8, 4) is 11.5 Å². The number of fused-ring (bicyclic) bond motifs is 5. The van der Waals surface area contributed by atoms with Crippen LogP contribution in [0.3, 0.4) is 0 Å². The number of aromatic amines is 1. The van der Waals surface area contributed by atoms with E-state index in [0.717, 1.165) is 22.0 Å². The predicted octanol–water partition coefficient (Wildman–Crippen LogP) is 4.92. The first-order valence-corrected chi connectivity index (χ1v) is 12.4. The minimum atomic E-state index is -0.945. The van der Waals surface area contributed by atoms with Gasteiger partial charge in [0.2, 0.25) is 0 Å². The third-order valence-electron chi connectivity index (χ3n) is 7.20. The Kier molecular flexibility index (Phi) is 5.52. The summed E-state index contributed by atoms with van der Waals surface area (Å²) in [5.41, 5.74) is 3.25. The molecule has 3 amide bonds. The number of para-hydroxylation sites is 2. The van der Waals surface area contributed by atoms with Crippen molar-refractivity contribution in [3.05, 3.63) is 89.6 Å². The third-order valence-corrected chi connectivity index (χ3v) is 7.20. The van der Waals surface area contributed by atoms with Crippen LogP contribution in [0.4, 0.5) is 10.5 Å². The zero-order chi connectivity index (χ0) is 25.6. The van der Waals surface area contributed by atoms with Gasteiger partial charge in [-0.05, 0) is 49.2 Å². The molecule has 37 heavy (non-hydrogen) atoms. The van der Waals surface area contributed by atoms with E-state index in [1.165, 1.54) is 0 Å². The second-order valence-corrected chi connectivity index (χ2v) is 9.61. The van der Waals surface area contributed by atoms with E-state index < -0.39 is 5.72 Å². The number of methoxy groups -OCH3 is 1. The Bertz CT molecular complexity index is 1510. The molecule has 0 unspecified atom stereocenters.